The van der Waals surface area contributed by atoms with Crippen LogP contribution in [-0.2, 0) is 6.54 Å². The zero-order valence-corrected chi connectivity index (χ0v) is 16.3. The maximum absolute atomic E-state index is 5.39. The molecule has 0 aliphatic heterocycles. The first kappa shape index (κ1) is 18.7. The first-order chi connectivity index (χ1) is 13.1. The highest BCUT2D eigenvalue weighted by atomic mass is 32.1. The van der Waals surface area contributed by atoms with Gasteiger partial charge in [-0.2, -0.15) is 0 Å². The van der Waals surface area contributed by atoms with E-state index in [2.05, 4.69) is 39.9 Å². The van der Waals surface area contributed by atoms with Gasteiger partial charge in [0.1, 0.15) is 17.3 Å². The van der Waals surface area contributed by atoms with Crippen molar-refractivity contribution < 1.29 is 9.47 Å². The SMILES string of the molecule is COc1ccc(NC(=S)NCc2ccc(-n3ccnc3C)cc2)c(OC)c1. The second-order valence-corrected chi connectivity index (χ2v) is 6.29. The number of anilines is 1. The number of rotatable bonds is 6. The fourth-order valence-corrected chi connectivity index (χ4v) is 2.86. The third-order valence-corrected chi connectivity index (χ3v) is 4.40. The summed E-state index contributed by atoms with van der Waals surface area (Å²) in [6, 6.07) is 13.8. The predicted octanol–water partition coefficient (Wildman–Crippen LogP) is 3.68. The molecule has 0 radical (unpaired) electrons. The summed E-state index contributed by atoms with van der Waals surface area (Å²) in [4.78, 5) is 4.25. The van der Waals surface area contributed by atoms with E-state index < -0.39 is 0 Å². The maximum atomic E-state index is 5.39. The van der Waals surface area contributed by atoms with Crippen molar-refractivity contribution in [1.82, 2.24) is 14.9 Å². The van der Waals surface area contributed by atoms with E-state index in [1.807, 2.05) is 35.9 Å². The molecule has 0 fully saturated rings. The average molecular weight is 382 g/mol. The largest absolute Gasteiger partial charge is 0.497 e. The summed E-state index contributed by atoms with van der Waals surface area (Å²) in [5, 5.41) is 6.88. The second-order valence-electron chi connectivity index (χ2n) is 5.88. The van der Waals surface area contributed by atoms with Crippen LogP contribution in [0.1, 0.15) is 11.4 Å². The van der Waals surface area contributed by atoms with E-state index in [0.29, 0.717) is 17.4 Å². The van der Waals surface area contributed by atoms with Crippen LogP contribution < -0.4 is 20.1 Å². The Morgan fingerprint density at radius 1 is 1.11 bits per heavy atom. The molecule has 6 nitrogen and oxygen atoms in total. The Morgan fingerprint density at radius 3 is 2.52 bits per heavy atom. The number of imidazole rings is 1. The highest BCUT2D eigenvalue weighted by Crippen LogP contribution is 2.28. The lowest BCUT2D eigenvalue weighted by atomic mass is 10.2. The van der Waals surface area contributed by atoms with E-state index in [4.69, 9.17) is 21.7 Å². The molecule has 1 heterocycles. The van der Waals surface area contributed by atoms with E-state index in [9.17, 15) is 0 Å². The summed E-state index contributed by atoms with van der Waals surface area (Å²) >= 11 is 5.39. The van der Waals surface area contributed by atoms with Crippen molar-refractivity contribution in [3.05, 3.63) is 66.2 Å². The number of methoxy groups -OCH3 is 2. The molecule has 27 heavy (non-hydrogen) atoms. The maximum Gasteiger partial charge on any atom is 0.171 e. The molecular formula is C20H22N4O2S. The third kappa shape index (κ3) is 4.57. The van der Waals surface area contributed by atoms with E-state index in [1.165, 1.54) is 0 Å². The van der Waals surface area contributed by atoms with Crippen molar-refractivity contribution in [2.24, 2.45) is 0 Å². The molecule has 0 bridgehead atoms. The lowest BCUT2D eigenvalue weighted by molar-refractivity contribution is 0.395. The number of hydrogen-bond donors (Lipinski definition) is 2. The molecule has 140 valence electrons. The van der Waals surface area contributed by atoms with E-state index >= 15 is 0 Å². The third-order valence-electron chi connectivity index (χ3n) is 4.15. The quantitative estimate of drug-likeness (QED) is 0.634. The number of ether oxygens (including phenoxy) is 2. The van der Waals surface area contributed by atoms with Crippen LogP contribution >= 0.6 is 12.2 Å². The minimum Gasteiger partial charge on any atom is -0.497 e. The van der Waals surface area contributed by atoms with E-state index in [1.54, 1.807) is 20.4 Å². The van der Waals surface area contributed by atoms with Gasteiger partial charge in [0.2, 0.25) is 0 Å². The van der Waals surface area contributed by atoms with Crippen LogP contribution in [-0.4, -0.2) is 28.9 Å². The Bertz CT molecular complexity index is 922. The number of nitrogens with one attached hydrogen (secondary N) is 2. The molecular weight excluding hydrogens is 360 g/mol. The van der Waals surface area contributed by atoms with E-state index in [0.717, 1.165) is 28.5 Å². The lowest BCUT2D eigenvalue weighted by Crippen LogP contribution is -2.28. The molecule has 7 heteroatoms. The molecule has 0 atom stereocenters. The van der Waals surface area contributed by atoms with Gasteiger partial charge >= 0.3 is 0 Å². The zero-order valence-electron chi connectivity index (χ0n) is 15.5. The Kier molecular flexibility index (Phi) is 5.93. The zero-order chi connectivity index (χ0) is 19.2. The van der Waals surface area contributed by atoms with Crippen LogP contribution in [0.2, 0.25) is 0 Å². The molecule has 0 spiro atoms. The smallest absolute Gasteiger partial charge is 0.171 e. The molecule has 0 saturated carbocycles. The second kappa shape index (κ2) is 8.55. The molecule has 0 aliphatic carbocycles. The summed E-state index contributed by atoms with van der Waals surface area (Å²) < 4.78 is 12.6. The Hall–Kier alpha value is -3.06. The molecule has 3 aromatic rings. The van der Waals surface area contributed by atoms with Crippen molar-refractivity contribution in [1.29, 1.82) is 0 Å². The van der Waals surface area contributed by atoms with Gasteiger partial charge in [-0.25, -0.2) is 4.98 Å². The van der Waals surface area contributed by atoms with Crippen LogP contribution in [0.3, 0.4) is 0 Å². The average Bonchev–Trinajstić information content (AvgIpc) is 3.13. The van der Waals surface area contributed by atoms with Crippen LogP contribution in [0.4, 0.5) is 5.69 Å². The molecule has 2 N–H and O–H groups in total. The highest BCUT2D eigenvalue weighted by Gasteiger charge is 2.07. The topological polar surface area (TPSA) is 60.3 Å². The first-order valence-corrected chi connectivity index (χ1v) is 8.87. The van der Waals surface area contributed by atoms with Crippen molar-refractivity contribution >= 4 is 23.0 Å². The molecule has 2 aromatic carbocycles. The standard InChI is InChI=1S/C20H22N4O2S/c1-14-21-10-11-24(14)16-6-4-15(5-7-16)13-22-20(27)23-18-9-8-17(25-2)12-19(18)26-3/h4-12H,13H2,1-3H3,(H2,22,23,27). The van der Waals surface area contributed by atoms with Gasteiger partial charge in [-0.05, 0) is 49.0 Å². The van der Waals surface area contributed by atoms with Gasteiger partial charge in [0.15, 0.2) is 5.11 Å². The van der Waals surface area contributed by atoms with Crippen LogP contribution in [0.15, 0.2) is 54.9 Å². The van der Waals surface area contributed by atoms with Crippen LogP contribution in [0.5, 0.6) is 11.5 Å². The normalized spacial score (nSPS) is 10.3. The number of benzene rings is 2. The summed E-state index contributed by atoms with van der Waals surface area (Å²) in [7, 11) is 3.23. The minimum absolute atomic E-state index is 0.521. The fraction of sp³-hybridized carbons (Fsp3) is 0.200. The van der Waals surface area contributed by atoms with Gasteiger partial charge in [0.05, 0.1) is 19.9 Å². The number of aromatic nitrogens is 2. The molecule has 0 unspecified atom stereocenters. The Labute approximate surface area is 164 Å². The summed E-state index contributed by atoms with van der Waals surface area (Å²) in [6.07, 6.45) is 3.74. The van der Waals surface area contributed by atoms with Gasteiger partial charge in [-0.15, -0.1) is 0 Å². The van der Waals surface area contributed by atoms with Crippen molar-refractivity contribution in [3.8, 4) is 17.2 Å². The van der Waals surface area contributed by atoms with Crippen molar-refractivity contribution in [3.63, 3.8) is 0 Å². The Balaban J connectivity index is 1.59. The molecule has 1 aromatic heterocycles. The minimum atomic E-state index is 0.521. The number of aryl methyl sites for hydroxylation is 1. The summed E-state index contributed by atoms with van der Waals surface area (Å²) in [5.74, 6) is 2.35. The fourth-order valence-electron chi connectivity index (χ4n) is 2.68. The van der Waals surface area contributed by atoms with Gasteiger partial charge in [-0.1, -0.05) is 12.1 Å². The number of hydrogen-bond acceptors (Lipinski definition) is 4. The van der Waals surface area contributed by atoms with Gasteiger partial charge in [0.25, 0.3) is 0 Å². The summed E-state index contributed by atoms with van der Waals surface area (Å²) in [5.41, 5.74) is 2.99. The van der Waals surface area contributed by atoms with Crippen molar-refractivity contribution in [2.75, 3.05) is 19.5 Å². The molecule has 0 saturated heterocycles. The molecule has 0 aliphatic rings. The van der Waals surface area contributed by atoms with Crippen LogP contribution in [0.25, 0.3) is 5.69 Å². The first-order valence-electron chi connectivity index (χ1n) is 8.47. The molecule has 0 amide bonds. The number of nitrogens with zero attached hydrogens (tertiary/aromatic N) is 2. The van der Waals surface area contributed by atoms with Gasteiger partial charge in [-0.3, -0.25) is 0 Å². The molecule has 3 rings (SSSR count). The summed E-state index contributed by atoms with van der Waals surface area (Å²) in [6.45, 7) is 2.60. The van der Waals surface area contributed by atoms with Gasteiger partial charge < -0.3 is 24.7 Å². The number of thiocarbonyl (C=S) groups is 1. The lowest BCUT2D eigenvalue weighted by Gasteiger charge is -2.14. The predicted molar refractivity (Wildman–Crippen MR) is 111 cm³/mol. The van der Waals surface area contributed by atoms with E-state index in [-0.39, 0.29) is 0 Å². The van der Waals surface area contributed by atoms with Crippen molar-refractivity contribution in [2.45, 2.75) is 13.5 Å². The van der Waals surface area contributed by atoms with Crippen LogP contribution in [0, 0.1) is 6.92 Å². The monoisotopic (exact) mass is 382 g/mol. The highest BCUT2D eigenvalue weighted by molar-refractivity contribution is 7.80. The Morgan fingerprint density at radius 2 is 1.89 bits per heavy atom. The van der Waals surface area contributed by atoms with Gasteiger partial charge in [0, 0.05) is 30.7 Å².